The lowest BCUT2D eigenvalue weighted by Gasteiger charge is -2.10. The molecule has 0 spiro atoms. The highest BCUT2D eigenvalue weighted by atomic mass is 16.4. The zero-order valence-electron chi connectivity index (χ0n) is 12.9. The van der Waals surface area contributed by atoms with Crippen molar-refractivity contribution < 1.29 is 20.1 Å². The van der Waals surface area contributed by atoms with Gasteiger partial charge in [0.15, 0.2) is 0 Å². The number of carboxylic acid groups (broad SMARTS) is 1. The van der Waals surface area contributed by atoms with Gasteiger partial charge < -0.3 is 15.3 Å². The predicted octanol–water partition coefficient (Wildman–Crippen LogP) is 3.49. The van der Waals surface area contributed by atoms with Gasteiger partial charge in [-0.2, -0.15) is 0 Å². The van der Waals surface area contributed by atoms with Crippen molar-refractivity contribution in [3.05, 3.63) is 0 Å². The molecule has 0 bridgehead atoms. The number of hydrogen-bond acceptors (Lipinski definition) is 3. The van der Waals surface area contributed by atoms with Gasteiger partial charge in [0.25, 0.3) is 0 Å². The summed E-state index contributed by atoms with van der Waals surface area (Å²) in [5.41, 5.74) is 0. The molecule has 0 saturated carbocycles. The molecule has 20 heavy (non-hydrogen) atoms. The molecule has 0 aliphatic heterocycles. The van der Waals surface area contributed by atoms with Crippen molar-refractivity contribution in [2.45, 2.75) is 96.2 Å². The minimum absolute atomic E-state index is 0.0524. The minimum atomic E-state index is -0.842. The maximum Gasteiger partial charge on any atom is 0.303 e. The maximum atomic E-state index is 10.3. The van der Waals surface area contributed by atoms with Gasteiger partial charge in [-0.3, -0.25) is 4.79 Å². The van der Waals surface area contributed by atoms with Gasteiger partial charge in [0.1, 0.15) is 0 Å². The Morgan fingerprint density at radius 2 is 1.25 bits per heavy atom. The lowest BCUT2D eigenvalue weighted by Crippen LogP contribution is -2.09. The van der Waals surface area contributed by atoms with E-state index >= 15 is 0 Å². The van der Waals surface area contributed by atoms with E-state index in [1.54, 1.807) is 0 Å². The molecule has 0 aliphatic carbocycles. The second-order valence-electron chi connectivity index (χ2n) is 5.73. The Balaban J connectivity index is 3.25. The first-order chi connectivity index (χ1) is 9.56. The molecule has 0 fully saturated rings. The molecule has 2 atom stereocenters. The summed E-state index contributed by atoms with van der Waals surface area (Å²) in [7, 11) is 0. The van der Waals surface area contributed by atoms with Crippen LogP contribution in [0, 0.1) is 0 Å². The smallest absolute Gasteiger partial charge is 0.303 e. The summed E-state index contributed by atoms with van der Waals surface area (Å²) in [4.78, 5) is 10.3. The SMILES string of the molecule is CCCC[C@H](O)CCCCCCC[C@H](O)CCC(=O)O. The Hall–Kier alpha value is -0.610. The van der Waals surface area contributed by atoms with E-state index in [0.29, 0.717) is 12.8 Å². The summed E-state index contributed by atoms with van der Waals surface area (Å²) in [5, 5.41) is 27.7. The topological polar surface area (TPSA) is 77.8 Å². The maximum absolute atomic E-state index is 10.3. The third kappa shape index (κ3) is 13.8. The lowest BCUT2D eigenvalue weighted by molar-refractivity contribution is -0.137. The molecule has 0 aromatic carbocycles. The molecule has 0 rings (SSSR count). The van der Waals surface area contributed by atoms with Crippen LogP contribution in [0.5, 0.6) is 0 Å². The van der Waals surface area contributed by atoms with Crippen LogP contribution in [0.25, 0.3) is 0 Å². The standard InChI is InChI=1S/C16H32O4/c1-2-3-9-14(17)10-7-5-4-6-8-11-15(18)12-13-16(19)20/h14-15,17-18H,2-13H2,1H3,(H,19,20)/t14-,15-/m0/s1. The number of carboxylic acids is 1. The Labute approximate surface area is 123 Å². The molecule has 0 radical (unpaired) electrons. The summed E-state index contributed by atoms with van der Waals surface area (Å²) >= 11 is 0. The molecule has 0 aromatic heterocycles. The summed E-state index contributed by atoms with van der Waals surface area (Å²) in [6, 6.07) is 0. The molecular formula is C16H32O4. The van der Waals surface area contributed by atoms with Crippen molar-refractivity contribution in [1.29, 1.82) is 0 Å². The molecule has 4 heteroatoms. The first-order valence-electron chi connectivity index (χ1n) is 8.14. The molecule has 0 heterocycles. The molecule has 0 amide bonds. The monoisotopic (exact) mass is 288 g/mol. The van der Waals surface area contributed by atoms with E-state index in [2.05, 4.69) is 6.92 Å². The van der Waals surface area contributed by atoms with Crippen molar-refractivity contribution in [2.24, 2.45) is 0 Å². The summed E-state index contributed by atoms with van der Waals surface area (Å²) in [5.74, 6) is -0.842. The van der Waals surface area contributed by atoms with Crippen molar-refractivity contribution in [3.63, 3.8) is 0 Å². The molecule has 3 N–H and O–H groups in total. The molecular weight excluding hydrogens is 256 g/mol. The van der Waals surface area contributed by atoms with E-state index in [4.69, 9.17) is 5.11 Å². The molecule has 4 nitrogen and oxygen atoms in total. The van der Waals surface area contributed by atoms with E-state index < -0.39 is 12.1 Å². The average Bonchev–Trinajstić information content (AvgIpc) is 2.41. The number of aliphatic carboxylic acids is 1. The van der Waals surface area contributed by atoms with Crippen molar-refractivity contribution in [1.82, 2.24) is 0 Å². The summed E-state index contributed by atoms with van der Waals surface area (Å²) in [6.07, 6.45) is 9.96. The summed E-state index contributed by atoms with van der Waals surface area (Å²) in [6.45, 7) is 2.14. The average molecular weight is 288 g/mol. The van der Waals surface area contributed by atoms with Gasteiger partial charge in [-0.15, -0.1) is 0 Å². The van der Waals surface area contributed by atoms with Crippen LogP contribution in [0.15, 0.2) is 0 Å². The largest absolute Gasteiger partial charge is 0.481 e. The zero-order valence-corrected chi connectivity index (χ0v) is 12.9. The number of aliphatic hydroxyl groups excluding tert-OH is 2. The number of carbonyl (C=O) groups is 1. The summed E-state index contributed by atoms with van der Waals surface area (Å²) < 4.78 is 0. The first kappa shape index (κ1) is 19.4. The lowest BCUT2D eigenvalue weighted by atomic mass is 10.0. The van der Waals surface area contributed by atoms with Crippen LogP contribution in [0.3, 0.4) is 0 Å². The number of unbranched alkanes of at least 4 members (excludes halogenated alkanes) is 5. The Morgan fingerprint density at radius 3 is 1.75 bits per heavy atom. The molecule has 0 aliphatic rings. The fraction of sp³-hybridized carbons (Fsp3) is 0.938. The van der Waals surface area contributed by atoms with Gasteiger partial charge in [0.05, 0.1) is 12.2 Å². The Kier molecular flexibility index (Phi) is 13.0. The van der Waals surface area contributed by atoms with E-state index in [0.717, 1.165) is 57.8 Å². The minimum Gasteiger partial charge on any atom is -0.481 e. The van der Waals surface area contributed by atoms with Gasteiger partial charge in [0.2, 0.25) is 0 Å². The molecule has 120 valence electrons. The van der Waals surface area contributed by atoms with Gasteiger partial charge >= 0.3 is 5.97 Å². The van der Waals surface area contributed by atoms with Gasteiger partial charge in [0, 0.05) is 6.42 Å². The van der Waals surface area contributed by atoms with Crippen LogP contribution < -0.4 is 0 Å². The van der Waals surface area contributed by atoms with E-state index in [9.17, 15) is 15.0 Å². The van der Waals surface area contributed by atoms with Crippen LogP contribution in [-0.4, -0.2) is 33.5 Å². The fourth-order valence-corrected chi connectivity index (χ4v) is 2.31. The van der Waals surface area contributed by atoms with Crippen LogP contribution in [-0.2, 0) is 4.79 Å². The number of hydrogen-bond donors (Lipinski definition) is 3. The van der Waals surface area contributed by atoms with E-state index in [1.165, 1.54) is 0 Å². The third-order valence-corrected chi connectivity index (χ3v) is 3.66. The van der Waals surface area contributed by atoms with Crippen molar-refractivity contribution in [3.8, 4) is 0 Å². The highest BCUT2D eigenvalue weighted by Crippen LogP contribution is 2.13. The zero-order chi connectivity index (χ0) is 15.2. The van der Waals surface area contributed by atoms with Crippen LogP contribution in [0.2, 0.25) is 0 Å². The second-order valence-corrected chi connectivity index (χ2v) is 5.73. The quantitative estimate of drug-likeness (QED) is 0.428. The van der Waals surface area contributed by atoms with Crippen LogP contribution >= 0.6 is 0 Å². The van der Waals surface area contributed by atoms with E-state index in [-0.39, 0.29) is 12.5 Å². The number of rotatable bonds is 14. The Morgan fingerprint density at radius 1 is 0.800 bits per heavy atom. The van der Waals surface area contributed by atoms with Crippen molar-refractivity contribution in [2.75, 3.05) is 0 Å². The highest BCUT2D eigenvalue weighted by molar-refractivity contribution is 5.66. The van der Waals surface area contributed by atoms with Gasteiger partial charge in [-0.1, -0.05) is 51.9 Å². The van der Waals surface area contributed by atoms with Crippen LogP contribution in [0.4, 0.5) is 0 Å². The second kappa shape index (κ2) is 13.4. The third-order valence-electron chi connectivity index (χ3n) is 3.66. The normalized spacial score (nSPS) is 14.2. The fourth-order valence-electron chi connectivity index (χ4n) is 2.31. The predicted molar refractivity (Wildman–Crippen MR) is 80.7 cm³/mol. The van der Waals surface area contributed by atoms with Crippen LogP contribution in [0.1, 0.15) is 84.0 Å². The van der Waals surface area contributed by atoms with E-state index in [1.807, 2.05) is 0 Å². The Bertz CT molecular complexity index is 231. The highest BCUT2D eigenvalue weighted by Gasteiger charge is 2.07. The van der Waals surface area contributed by atoms with Crippen molar-refractivity contribution >= 4 is 5.97 Å². The van der Waals surface area contributed by atoms with Gasteiger partial charge in [-0.05, 0) is 25.7 Å². The number of aliphatic hydroxyl groups is 2. The molecule has 0 unspecified atom stereocenters. The molecule has 0 aromatic rings. The molecule has 0 saturated heterocycles. The first-order valence-corrected chi connectivity index (χ1v) is 8.14. The van der Waals surface area contributed by atoms with Gasteiger partial charge in [-0.25, -0.2) is 0 Å².